The number of hydrogen-bond donors (Lipinski definition) is 2. The first kappa shape index (κ1) is 19.3. The number of rotatable bonds is 6. The molecule has 7 heteroatoms. The molecule has 28 heavy (non-hydrogen) atoms. The van der Waals surface area contributed by atoms with Crippen LogP contribution in [0.15, 0.2) is 48.7 Å². The first-order valence-electron chi connectivity index (χ1n) is 8.58. The Kier molecular flexibility index (Phi) is 5.54. The molecule has 0 unspecified atom stereocenters. The first-order valence-corrected chi connectivity index (χ1v) is 8.58. The van der Waals surface area contributed by atoms with Crippen molar-refractivity contribution in [2.24, 2.45) is 0 Å². The van der Waals surface area contributed by atoms with Crippen molar-refractivity contribution in [1.82, 2.24) is 4.98 Å². The average molecular weight is 384 g/mol. The van der Waals surface area contributed by atoms with Crippen molar-refractivity contribution in [3.63, 3.8) is 0 Å². The van der Waals surface area contributed by atoms with Crippen LogP contribution < -0.4 is 10.1 Å². The van der Waals surface area contributed by atoms with Crippen molar-refractivity contribution in [3.8, 4) is 16.9 Å². The van der Waals surface area contributed by atoms with E-state index in [4.69, 9.17) is 4.74 Å². The maximum absolute atomic E-state index is 14.6. The number of aromatic nitrogens is 1. The predicted molar refractivity (Wildman–Crippen MR) is 102 cm³/mol. The Labute approximate surface area is 160 Å². The molecule has 0 spiro atoms. The normalized spacial score (nSPS) is 10.6. The topological polar surface area (TPSA) is 71.5 Å². The molecule has 2 N–H and O–H groups in total. The number of aryl methyl sites for hydroxylation is 1. The number of anilines is 2. The van der Waals surface area contributed by atoms with Gasteiger partial charge in [-0.05, 0) is 60.9 Å². The third-order valence-corrected chi connectivity index (χ3v) is 4.02. The average Bonchev–Trinajstić information content (AvgIpc) is 2.66. The van der Waals surface area contributed by atoms with Gasteiger partial charge in [0.05, 0.1) is 6.61 Å². The Morgan fingerprint density at radius 2 is 1.86 bits per heavy atom. The maximum Gasteiger partial charge on any atom is 0.339 e. The zero-order valence-electron chi connectivity index (χ0n) is 15.3. The second-order valence-corrected chi connectivity index (χ2v) is 6.11. The highest BCUT2D eigenvalue weighted by molar-refractivity contribution is 5.94. The maximum atomic E-state index is 14.6. The summed E-state index contributed by atoms with van der Waals surface area (Å²) in [5.74, 6) is -2.52. The lowest BCUT2D eigenvalue weighted by Gasteiger charge is -2.13. The molecule has 0 atom stereocenters. The molecule has 0 aliphatic rings. The van der Waals surface area contributed by atoms with Crippen molar-refractivity contribution in [2.75, 3.05) is 11.9 Å². The molecule has 3 aromatic rings. The van der Waals surface area contributed by atoms with E-state index in [1.54, 1.807) is 31.2 Å². The van der Waals surface area contributed by atoms with Crippen molar-refractivity contribution in [3.05, 3.63) is 71.4 Å². The van der Waals surface area contributed by atoms with Gasteiger partial charge in [0, 0.05) is 6.20 Å². The van der Waals surface area contributed by atoms with Gasteiger partial charge in [0.2, 0.25) is 0 Å². The van der Waals surface area contributed by atoms with Crippen LogP contribution in [0.25, 0.3) is 11.1 Å². The van der Waals surface area contributed by atoms with E-state index in [0.717, 1.165) is 0 Å². The van der Waals surface area contributed by atoms with Crippen LogP contribution in [-0.2, 0) is 0 Å². The summed E-state index contributed by atoms with van der Waals surface area (Å²) in [4.78, 5) is 15.3. The molecule has 0 saturated heterocycles. The van der Waals surface area contributed by atoms with Gasteiger partial charge in [-0.15, -0.1) is 0 Å². The van der Waals surface area contributed by atoms with Crippen LogP contribution in [0, 0.1) is 18.6 Å². The minimum absolute atomic E-state index is 0.137. The zero-order valence-corrected chi connectivity index (χ0v) is 15.3. The van der Waals surface area contributed by atoms with Crippen LogP contribution in [0.4, 0.5) is 20.3 Å². The molecule has 1 aromatic heterocycles. The summed E-state index contributed by atoms with van der Waals surface area (Å²) in [6.07, 6.45) is 1.41. The number of ether oxygens (including phenoxy) is 1. The van der Waals surface area contributed by atoms with E-state index in [1.165, 1.54) is 24.4 Å². The molecule has 0 aliphatic heterocycles. The summed E-state index contributed by atoms with van der Waals surface area (Å²) in [6, 6.07) is 10.6. The molecule has 0 fully saturated rings. The highest BCUT2D eigenvalue weighted by Crippen LogP contribution is 2.31. The summed E-state index contributed by atoms with van der Waals surface area (Å²) in [5, 5.41) is 11.8. The number of carboxylic acid groups (broad SMARTS) is 1. The number of benzene rings is 2. The monoisotopic (exact) mass is 384 g/mol. The second-order valence-electron chi connectivity index (χ2n) is 6.11. The fourth-order valence-electron chi connectivity index (χ4n) is 2.74. The minimum Gasteiger partial charge on any atom is -0.494 e. The van der Waals surface area contributed by atoms with Crippen molar-refractivity contribution < 1.29 is 23.4 Å². The SMILES string of the molecule is CCOc1cccc(-c2cc(F)c(Nc3ncc(C)cc3C(=O)O)c(F)c2)c1. The van der Waals surface area contributed by atoms with Crippen molar-refractivity contribution >= 4 is 17.5 Å². The van der Waals surface area contributed by atoms with Crippen LogP contribution in [-0.4, -0.2) is 22.7 Å². The number of hydrogen-bond acceptors (Lipinski definition) is 4. The number of nitrogens with zero attached hydrogens (tertiary/aromatic N) is 1. The van der Waals surface area contributed by atoms with Gasteiger partial charge in [0.15, 0.2) is 0 Å². The smallest absolute Gasteiger partial charge is 0.339 e. The molecule has 0 aliphatic carbocycles. The van der Waals surface area contributed by atoms with E-state index in [1.807, 2.05) is 6.92 Å². The highest BCUT2D eigenvalue weighted by Gasteiger charge is 2.17. The van der Waals surface area contributed by atoms with Gasteiger partial charge < -0.3 is 15.2 Å². The summed E-state index contributed by atoms with van der Waals surface area (Å²) in [6.45, 7) is 4.00. The van der Waals surface area contributed by atoms with Gasteiger partial charge in [0.25, 0.3) is 0 Å². The summed E-state index contributed by atoms with van der Waals surface area (Å²) in [7, 11) is 0. The fourth-order valence-corrected chi connectivity index (χ4v) is 2.74. The predicted octanol–water partition coefficient (Wildman–Crippen LogP) is 5.18. The summed E-state index contributed by atoms with van der Waals surface area (Å²) in [5.41, 5.74) is 0.900. The molecule has 3 rings (SSSR count). The first-order chi connectivity index (χ1) is 13.4. The second kappa shape index (κ2) is 8.04. The molecular formula is C21H18F2N2O3. The Balaban J connectivity index is 1.98. The number of halogens is 2. The number of nitrogens with one attached hydrogen (secondary N) is 1. The van der Waals surface area contributed by atoms with Gasteiger partial charge in [-0.25, -0.2) is 18.6 Å². The van der Waals surface area contributed by atoms with Gasteiger partial charge in [0.1, 0.15) is 34.5 Å². The molecule has 0 amide bonds. The Bertz CT molecular complexity index is 1010. The van der Waals surface area contributed by atoms with Gasteiger partial charge in [-0.2, -0.15) is 0 Å². The molecule has 0 bridgehead atoms. The van der Waals surface area contributed by atoms with Crippen LogP contribution in [0.3, 0.4) is 0 Å². The van der Waals surface area contributed by atoms with E-state index < -0.39 is 23.3 Å². The highest BCUT2D eigenvalue weighted by atomic mass is 19.1. The van der Waals surface area contributed by atoms with Gasteiger partial charge >= 0.3 is 5.97 Å². The molecule has 5 nitrogen and oxygen atoms in total. The van der Waals surface area contributed by atoms with E-state index in [0.29, 0.717) is 29.0 Å². The Hall–Kier alpha value is -3.48. The largest absolute Gasteiger partial charge is 0.494 e. The van der Waals surface area contributed by atoms with Crippen LogP contribution in [0.5, 0.6) is 5.75 Å². The summed E-state index contributed by atoms with van der Waals surface area (Å²) >= 11 is 0. The van der Waals surface area contributed by atoms with Crippen molar-refractivity contribution in [2.45, 2.75) is 13.8 Å². The van der Waals surface area contributed by atoms with E-state index in [2.05, 4.69) is 10.3 Å². The molecule has 1 heterocycles. The zero-order chi connectivity index (χ0) is 20.3. The third kappa shape index (κ3) is 4.09. The molecule has 2 aromatic carbocycles. The molecular weight excluding hydrogens is 366 g/mol. The number of carboxylic acids is 1. The van der Waals surface area contributed by atoms with Gasteiger partial charge in [-0.3, -0.25) is 0 Å². The molecule has 144 valence electrons. The number of aromatic carboxylic acids is 1. The van der Waals surface area contributed by atoms with E-state index in [-0.39, 0.29) is 11.4 Å². The third-order valence-electron chi connectivity index (χ3n) is 4.02. The van der Waals surface area contributed by atoms with Crippen LogP contribution in [0.2, 0.25) is 0 Å². The van der Waals surface area contributed by atoms with Crippen molar-refractivity contribution in [1.29, 1.82) is 0 Å². The standard InChI is InChI=1S/C21H18F2N2O3/c1-3-28-15-6-4-5-13(8-15)14-9-17(22)19(18(23)10-14)25-20-16(21(26)27)7-12(2)11-24-20/h4-11H,3H2,1-2H3,(H,24,25)(H,26,27). The number of carbonyl (C=O) groups is 1. The van der Waals surface area contributed by atoms with E-state index in [9.17, 15) is 18.7 Å². The Morgan fingerprint density at radius 1 is 1.14 bits per heavy atom. The molecule has 0 saturated carbocycles. The van der Waals surface area contributed by atoms with Crippen LogP contribution in [0.1, 0.15) is 22.8 Å². The lowest BCUT2D eigenvalue weighted by Crippen LogP contribution is -2.07. The quantitative estimate of drug-likeness (QED) is 0.613. The fraction of sp³-hybridized carbons (Fsp3) is 0.143. The minimum atomic E-state index is -1.25. The lowest BCUT2D eigenvalue weighted by atomic mass is 10.0. The van der Waals surface area contributed by atoms with Gasteiger partial charge in [-0.1, -0.05) is 12.1 Å². The lowest BCUT2D eigenvalue weighted by molar-refractivity contribution is 0.0697. The van der Waals surface area contributed by atoms with Crippen LogP contribution >= 0.6 is 0 Å². The Morgan fingerprint density at radius 3 is 2.50 bits per heavy atom. The number of pyridine rings is 1. The molecule has 0 radical (unpaired) electrons. The summed E-state index contributed by atoms with van der Waals surface area (Å²) < 4.78 is 34.7. The van der Waals surface area contributed by atoms with E-state index >= 15 is 0 Å².